The number of ether oxygens (including phenoxy) is 3. The summed E-state index contributed by atoms with van der Waals surface area (Å²) in [6, 6.07) is 9.29. The summed E-state index contributed by atoms with van der Waals surface area (Å²) < 4.78 is 16.3. The number of esters is 3. The fourth-order valence-electron chi connectivity index (χ4n) is 3.36. The van der Waals surface area contributed by atoms with Crippen molar-refractivity contribution in [1.29, 1.82) is 0 Å². The minimum absolute atomic E-state index is 0.0309. The van der Waals surface area contributed by atoms with E-state index in [0.29, 0.717) is 17.0 Å². The molecule has 1 amide bonds. The molecule has 2 heterocycles. The molecular weight excluding hydrogens is 462 g/mol. The molecule has 2 aromatic heterocycles. The van der Waals surface area contributed by atoms with Gasteiger partial charge in [0.05, 0.1) is 36.9 Å². The molecule has 1 N–H and O–H groups in total. The number of aromatic nitrogens is 2. The highest BCUT2D eigenvalue weighted by atomic mass is 32.1. The lowest BCUT2D eigenvalue weighted by Gasteiger charge is -2.08. The number of nitrogens with zero attached hydrogens (tertiary/aromatic N) is 2. The molecule has 0 unspecified atom stereocenters. The zero-order valence-corrected chi connectivity index (χ0v) is 20.1. The van der Waals surface area contributed by atoms with Crippen LogP contribution in [0.15, 0.2) is 30.3 Å². The van der Waals surface area contributed by atoms with Crippen molar-refractivity contribution in [2.24, 2.45) is 0 Å². The molecule has 10 nitrogen and oxygen atoms in total. The molecule has 34 heavy (non-hydrogen) atoms. The SMILES string of the molecule is COC(=O)c1sc(NC(=O)COC(=O)c2c(C)nn(-c3ccccc3)c2C)c(C(=O)OC)c1C. The van der Waals surface area contributed by atoms with Crippen LogP contribution in [0.5, 0.6) is 0 Å². The van der Waals surface area contributed by atoms with Crippen molar-refractivity contribution in [1.82, 2.24) is 9.78 Å². The van der Waals surface area contributed by atoms with Crippen LogP contribution in [0.2, 0.25) is 0 Å². The molecule has 0 bridgehead atoms. The second-order valence-electron chi connectivity index (χ2n) is 7.16. The average molecular weight is 486 g/mol. The molecule has 0 atom stereocenters. The standard InChI is InChI=1S/C23H23N3O7S/c1-12-17(21(28)31-4)20(34-19(12)23(30)32-5)24-16(27)11-33-22(29)18-13(2)25-26(14(18)3)15-9-7-6-8-10-15/h6-10H,11H2,1-5H3,(H,24,27). The highest BCUT2D eigenvalue weighted by Crippen LogP contribution is 2.34. The maximum absolute atomic E-state index is 12.7. The molecule has 178 valence electrons. The van der Waals surface area contributed by atoms with Crippen molar-refractivity contribution < 1.29 is 33.4 Å². The molecule has 0 fully saturated rings. The first-order valence-corrected chi connectivity index (χ1v) is 10.9. The van der Waals surface area contributed by atoms with Crippen LogP contribution in [-0.4, -0.2) is 54.4 Å². The molecule has 0 aliphatic carbocycles. The number of carbonyl (C=O) groups excluding carboxylic acids is 4. The Balaban J connectivity index is 1.75. The summed E-state index contributed by atoms with van der Waals surface area (Å²) in [4.78, 5) is 49.5. The number of hydrogen-bond donors (Lipinski definition) is 1. The summed E-state index contributed by atoms with van der Waals surface area (Å²) in [5.41, 5.74) is 2.41. The Labute approximate surface area is 199 Å². The van der Waals surface area contributed by atoms with Crippen molar-refractivity contribution in [3.8, 4) is 5.69 Å². The van der Waals surface area contributed by atoms with Crippen LogP contribution in [0.25, 0.3) is 5.69 Å². The number of para-hydroxylation sites is 1. The maximum atomic E-state index is 12.7. The number of aryl methyl sites for hydroxylation is 1. The van der Waals surface area contributed by atoms with E-state index in [1.165, 1.54) is 14.2 Å². The molecule has 0 saturated heterocycles. The van der Waals surface area contributed by atoms with Crippen molar-refractivity contribution in [2.75, 3.05) is 26.1 Å². The molecule has 11 heteroatoms. The number of amides is 1. The van der Waals surface area contributed by atoms with Crippen LogP contribution in [0, 0.1) is 20.8 Å². The van der Waals surface area contributed by atoms with Gasteiger partial charge in [0, 0.05) is 0 Å². The highest BCUT2D eigenvalue weighted by Gasteiger charge is 2.27. The largest absolute Gasteiger partial charge is 0.465 e. The Bertz CT molecular complexity index is 1260. The lowest BCUT2D eigenvalue weighted by Crippen LogP contribution is -2.22. The van der Waals surface area contributed by atoms with Gasteiger partial charge in [-0.2, -0.15) is 5.10 Å². The lowest BCUT2D eigenvalue weighted by atomic mass is 10.1. The van der Waals surface area contributed by atoms with E-state index in [4.69, 9.17) is 14.2 Å². The van der Waals surface area contributed by atoms with Gasteiger partial charge in [0.15, 0.2) is 6.61 Å². The summed E-state index contributed by atoms with van der Waals surface area (Å²) in [6.45, 7) is 4.34. The third kappa shape index (κ3) is 4.84. The Morgan fingerprint density at radius 2 is 1.59 bits per heavy atom. The van der Waals surface area contributed by atoms with E-state index in [2.05, 4.69) is 10.4 Å². The zero-order chi connectivity index (χ0) is 25.0. The number of rotatable bonds is 7. The Morgan fingerprint density at radius 1 is 0.941 bits per heavy atom. The summed E-state index contributed by atoms with van der Waals surface area (Å²) in [7, 11) is 2.39. The summed E-state index contributed by atoms with van der Waals surface area (Å²) in [6.07, 6.45) is 0. The van der Waals surface area contributed by atoms with Crippen molar-refractivity contribution >= 4 is 40.2 Å². The monoisotopic (exact) mass is 485 g/mol. The third-order valence-electron chi connectivity index (χ3n) is 4.99. The Morgan fingerprint density at radius 3 is 2.21 bits per heavy atom. The first kappa shape index (κ1) is 24.6. The van der Waals surface area contributed by atoms with Crippen LogP contribution in [0.1, 0.15) is 47.3 Å². The van der Waals surface area contributed by atoms with Crippen molar-refractivity contribution in [3.05, 3.63) is 63.3 Å². The molecule has 1 aromatic carbocycles. The van der Waals surface area contributed by atoms with Gasteiger partial charge in [0.25, 0.3) is 5.91 Å². The predicted octanol–water partition coefficient (Wildman–Crippen LogP) is 3.23. The molecule has 0 saturated carbocycles. The maximum Gasteiger partial charge on any atom is 0.348 e. The van der Waals surface area contributed by atoms with Gasteiger partial charge in [-0.1, -0.05) is 18.2 Å². The van der Waals surface area contributed by atoms with E-state index < -0.39 is 30.4 Å². The molecule has 3 rings (SSSR count). The Hall–Kier alpha value is -3.99. The van der Waals surface area contributed by atoms with Gasteiger partial charge < -0.3 is 19.5 Å². The van der Waals surface area contributed by atoms with Crippen LogP contribution >= 0.6 is 11.3 Å². The van der Waals surface area contributed by atoms with E-state index >= 15 is 0 Å². The molecule has 0 aliphatic rings. The number of anilines is 1. The quantitative estimate of drug-likeness (QED) is 0.399. The van der Waals surface area contributed by atoms with Crippen LogP contribution in [0.3, 0.4) is 0 Å². The van der Waals surface area contributed by atoms with Crippen molar-refractivity contribution in [2.45, 2.75) is 20.8 Å². The molecule has 0 spiro atoms. The van der Waals surface area contributed by atoms with Crippen LogP contribution < -0.4 is 5.32 Å². The first-order chi connectivity index (χ1) is 16.2. The fourth-order valence-corrected chi connectivity index (χ4v) is 4.49. The van der Waals surface area contributed by atoms with Gasteiger partial charge in [-0.25, -0.2) is 19.1 Å². The van der Waals surface area contributed by atoms with Gasteiger partial charge in [-0.05, 0) is 38.5 Å². The average Bonchev–Trinajstić information content (AvgIpc) is 3.32. The van der Waals surface area contributed by atoms with Gasteiger partial charge in [-0.15, -0.1) is 11.3 Å². The van der Waals surface area contributed by atoms with Gasteiger partial charge in [-0.3, -0.25) is 4.79 Å². The van der Waals surface area contributed by atoms with Crippen LogP contribution in [0.4, 0.5) is 5.00 Å². The second-order valence-corrected chi connectivity index (χ2v) is 8.18. The van der Waals surface area contributed by atoms with E-state index in [1.807, 2.05) is 30.3 Å². The first-order valence-electron chi connectivity index (χ1n) is 10.1. The fraction of sp³-hybridized carbons (Fsp3) is 0.261. The number of carbonyl (C=O) groups is 4. The van der Waals surface area contributed by atoms with E-state index in [0.717, 1.165) is 17.0 Å². The molecule has 0 aliphatic heterocycles. The molecular formula is C23H23N3O7S. The number of benzene rings is 1. The lowest BCUT2D eigenvalue weighted by molar-refractivity contribution is -0.119. The third-order valence-corrected chi connectivity index (χ3v) is 6.18. The number of thiophene rings is 1. The van der Waals surface area contributed by atoms with E-state index in [-0.39, 0.29) is 21.0 Å². The number of hydrogen-bond acceptors (Lipinski definition) is 9. The van der Waals surface area contributed by atoms with E-state index in [9.17, 15) is 19.2 Å². The topological polar surface area (TPSA) is 126 Å². The summed E-state index contributed by atoms with van der Waals surface area (Å²) in [5.74, 6) is -2.78. The minimum atomic E-state index is -0.726. The Kier molecular flexibility index (Phi) is 7.47. The molecule has 0 radical (unpaired) electrons. The van der Waals surface area contributed by atoms with Gasteiger partial charge in [0.1, 0.15) is 15.4 Å². The summed E-state index contributed by atoms with van der Waals surface area (Å²) >= 11 is 0.866. The zero-order valence-electron chi connectivity index (χ0n) is 19.3. The second kappa shape index (κ2) is 10.3. The number of nitrogens with one attached hydrogen (secondary N) is 1. The highest BCUT2D eigenvalue weighted by molar-refractivity contribution is 7.18. The van der Waals surface area contributed by atoms with Crippen molar-refractivity contribution in [3.63, 3.8) is 0 Å². The van der Waals surface area contributed by atoms with Crippen LogP contribution in [-0.2, 0) is 19.0 Å². The minimum Gasteiger partial charge on any atom is -0.465 e. The van der Waals surface area contributed by atoms with Gasteiger partial charge >= 0.3 is 17.9 Å². The predicted molar refractivity (Wildman–Crippen MR) is 124 cm³/mol. The van der Waals surface area contributed by atoms with Gasteiger partial charge in [0.2, 0.25) is 0 Å². The smallest absolute Gasteiger partial charge is 0.348 e. The summed E-state index contributed by atoms with van der Waals surface area (Å²) in [5, 5.41) is 6.99. The van der Waals surface area contributed by atoms with E-state index in [1.54, 1.807) is 25.5 Å². The number of methoxy groups -OCH3 is 2. The normalized spacial score (nSPS) is 10.5. The molecule has 3 aromatic rings.